The summed E-state index contributed by atoms with van der Waals surface area (Å²) in [5, 5.41) is 15.2. The van der Waals surface area contributed by atoms with Crippen molar-refractivity contribution in [3.8, 4) is 11.4 Å². The van der Waals surface area contributed by atoms with Crippen LogP contribution in [-0.2, 0) is 17.8 Å². The van der Waals surface area contributed by atoms with Gasteiger partial charge in [0.2, 0.25) is 5.95 Å². The molecule has 0 bridgehead atoms. The third-order valence-corrected chi connectivity index (χ3v) is 4.07. The Bertz CT molecular complexity index is 1040. The van der Waals surface area contributed by atoms with Crippen LogP contribution in [0.1, 0.15) is 32.0 Å². The van der Waals surface area contributed by atoms with Gasteiger partial charge in [-0.1, -0.05) is 12.1 Å². The lowest BCUT2D eigenvalue weighted by Crippen LogP contribution is -2.33. The van der Waals surface area contributed by atoms with Crippen molar-refractivity contribution in [2.45, 2.75) is 39.4 Å². The van der Waals surface area contributed by atoms with Gasteiger partial charge in [0.25, 0.3) is 0 Å². The number of pyridine rings is 1. The van der Waals surface area contributed by atoms with Crippen molar-refractivity contribution < 1.29 is 14.6 Å². The fourth-order valence-electron chi connectivity index (χ4n) is 2.76. The Morgan fingerprint density at radius 2 is 1.97 bits per heavy atom. The molecule has 2 aromatic heterocycles. The number of aliphatic hydroxyl groups is 1. The summed E-state index contributed by atoms with van der Waals surface area (Å²) in [5.41, 5.74) is 2.62. The Kier molecular flexibility index (Phi) is 7.09. The van der Waals surface area contributed by atoms with Crippen molar-refractivity contribution in [3.05, 3.63) is 60.2 Å². The van der Waals surface area contributed by atoms with E-state index in [-0.39, 0.29) is 6.61 Å². The molecule has 3 rings (SSSR count). The van der Waals surface area contributed by atoms with E-state index in [1.165, 1.54) is 6.33 Å². The smallest absolute Gasteiger partial charge is 0.407 e. The molecule has 1 amide bonds. The molecule has 0 aliphatic rings. The van der Waals surface area contributed by atoms with E-state index in [1.54, 1.807) is 18.3 Å². The molecule has 3 aromatic rings. The minimum Gasteiger partial charge on any atom is -0.444 e. The molecule has 0 radical (unpaired) electrons. The van der Waals surface area contributed by atoms with Gasteiger partial charge in [-0.15, -0.1) is 0 Å². The van der Waals surface area contributed by atoms with Crippen LogP contribution in [-0.4, -0.2) is 43.3 Å². The summed E-state index contributed by atoms with van der Waals surface area (Å²) in [6.45, 7) is 5.79. The van der Waals surface area contributed by atoms with Gasteiger partial charge in [0.1, 0.15) is 11.9 Å². The van der Waals surface area contributed by atoms with Gasteiger partial charge in [-0.25, -0.2) is 14.8 Å². The summed E-state index contributed by atoms with van der Waals surface area (Å²) < 4.78 is 5.24. The van der Waals surface area contributed by atoms with E-state index in [2.05, 4.69) is 30.6 Å². The van der Waals surface area contributed by atoms with Gasteiger partial charge >= 0.3 is 6.09 Å². The summed E-state index contributed by atoms with van der Waals surface area (Å²) in [6, 6.07) is 11.3. The summed E-state index contributed by atoms with van der Waals surface area (Å²) in [7, 11) is 0. The number of alkyl carbamates (subject to hydrolysis) is 1. The molecular weight excluding hydrogens is 396 g/mol. The number of carbonyl (C=O) groups excluding carboxylic acids is 1. The van der Waals surface area contributed by atoms with Crippen LogP contribution in [0, 0.1) is 0 Å². The molecule has 162 valence electrons. The van der Waals surface area contributed by atoms with Crippen molar-refractivity contribution in [1.29, 1.82) is 0 Å². The minimum atomic E-state index is -0.521. The molecule has 9 nitrogen and oxygen atoms in total. The third-order valence-electron chi connectivity index (χ3n) is 4.07. The van der Waals surface area contributed by atoms with Crippen LogP contribution >= 0.6 is 0 Å². The maximum Gasteiger partial charge on any atom is 0.407 e. The van der Waals surface area contributed by atoms with Crippen LogP contribution in [0.3, 0.4) is 0 Å². The van der Waals surface area contributed by atoms with Gasteiger partial charge in [0.05, 0.1) is 12.3 Å². The number of aliphatic hydroxyl groups excluding tert-OH is 1. The van der Waals surface area contributed by atoms with Crippen molar-refractivity contribution in [1.82, 2.24) is 25.3 Å². The third kappa shape index (κ3) is 7.00. The zero-order valence-electron chi connectivity index (χ0n) is 17.8. The number of amides is 1. The second-order valence-corrected chi connectivity index (χ2v) is 7.83. The van der Waals surface area contributed by atoms with Gasteiger partial charge < -0.3 is 20.5 Å². The largest absolute Gasteiger partial charge is 0.444 e. The molecule has 1 aromatic carbocycles. The van der Waals surface area contributed by atoms with Crippen LogP contribution < -0.4 is 10.6 Å². The number of carbonyl (C=O) groups is 1. The van der Waals surface area contributed by atoms with Crippen LogP contribution in [0.5, 0.6) is 0 Å². The Hall–Kier alpha value is -3.59. The van der Waals surface area contributed by atoms with Gasteiger partial charge in [-0.2, -0.15) is 4.98 Å². The van der Waals surface area contributed by atoms with Crippen LogP contribution in [0.25, 0.3) is 11.4 Å². The molecule has 0 atom stereocenters. The number of benzene rings is 1. The molecule has 0 unspecified atom stereocenters. The number of nitrogens with zero attached hydrogens (tertiary/aromatic N) is 4. The molecule has 0 spiro atoms. The highest BCUT2D eigenvalue weighted by molar-refractivity contribution is 5.67. The summed E-state index contributed by atoms with van der Waals surface area (Å²) in [6.07, 6.45) is 3.25. The number of aromatic nitrogens is 4. The number of anilines is 2. The van der Waals surface area contributed by atoms with E-state index in [9.17, 15) is 9.90 Å². The average Bonchev–Trinajstić information content (AvgIpc) is 2.73. The molecule has 0 aliphatic carbocycles. The molecular formula is C22H26N6O3. The van der Waals surface area contributed by atoms with E-state index in [0.717, 1.165) is 16.8 Å². The second-order valence-electron chi connectivity index (χ2n) is 7.83. The Morgan fingerprint density at radius 3 is 2.74 bits per heavy atom. The highest BCUT2D eigenvalue weighted by Crippen LogP contribution is 2.19. The molecule has 0 aliphatic heterocycles. The fourth-order valence-corrected chi connectivity index (χ4v) is 2.76. The molecule has 31 heavy (non-hydrogen) atoms. The lowest BCUT2D eigenvalue weighted by molar-refractivity contribution is 0.0528. The number of rotatable bonds is 7. The predicted molar refractivity (Wildman–Crippen MR) is 117 cm³/mol. The molecule has 2 heterocycles. The summed E-state index contributed by atoms with van der Waals surface area (Å²) in [5.74, 6) is 0.878. The number of hydrogen-bond donors (Lipinski definition) is 3. The highest BCUT2D eigenvalue weighted by atomic mass is 16.6. The SMILES string of the molecule is CC(C)(C)OC(=O)NCCc1cccc(Nc2ncnc(-c3ccnc(CO)c3)n2)c1. The van der Waals surface area contributed by atoms with E-state index in [0.29, 0.717) is 30.4 Å². The molecule has 3 N–H and O–H groups in total. The fraction of sp³-hybridized carbons (Fsp3) is 0.318. The number of nitrogens with one attached hydrogen (secondary N) is 2. The van der Waals surface area contributed by atoms with Crippen molar-refractivity contribution >= 4 is 17.7 Å². The molecule has 0 fully saturated rings. The van der Waals surface area contributed by atoms with E-state index in [4.69, 9.17) is 4.74 Å². The van der Waals surface area contributed by atoms with Gasteiger partial charge in [0.15, 0.2) is 5.82 Å². The number of hydrogen-bond acceptors (Lipinski definition) is 8. The van der Waals surface area contributed by atoms with E-state index < -0.39 is 11.7 Å². The highest BCUT2D eigenvalue weighted by Gasteiger charge is 2.15. The van der Waals surface area contributed by atoms with Crippen LogP contribution in [0.15, 0.2) is 48.9 Å². The topological polar surface area (TPSA) is 122 Å². The first kappa shape index (κ1) is 22.1. The maximum absolute atomic E-state index is 11.8. The van der Waals surface area contributed by atoms with Gasteiger partial charge in [-0.3, -0.25) is 4.98 Å². The van der Waals surface area contributed by atoms with Crippen molar-refractivity contribution in [2.75, 3.05) is 11.9 Å². The normalized spacial score (nSPS) is 11.1. The Morgan fingerprint density at radius 1 is 1.13 bits per heavy atom. The minimum absolute atomic E-state index is 0.153. The monoisotopic (exact) mass is 422 g/mol. The Balaban J connectivity index is 1.62. The number of ether oxygens (including phenoxy) is 1. The van der Waals surface area contributed by atoms with Crippen LogP contribution in [0.2, 0.25) is 0 Å². The van der Waals surface area contributed by atoms with E-state index in [1.807, 2.05) is 45.0 Å². The molecule has 0 saturated carbocycles. The maximum atomic E-state index is 11.8. The lowest BCUT2D eigenvalue weighted by Gasteiger charge is -2.19. The van der Waals surface area contributed by atoms with Crippen LogP contribution in [0.4, 0.5) is 16.4 Å². The quantitative estimate of drug-likeness (QED) is 0.530. The summed E-state index contributed by atoms with van der Waals surface area (Å²) in [4.78, 5) is 28.7. The van der Waals surface area contributed by atoms with E-state index >= 15 is 0 Å². The predicted octanol–water partition coefficient (Wildman–Crippen LogP) is 3.24. The van der Waals surface area contributed by atoms with Gasteiger partial charge in [-0.05, 0) is 57.0 Å². The zero-order valence-corrected chi connectivity index (χ0v) is 17.8. The van der Waals surface area contributed by atoms with Crippen molar-refractivity contribution in [3.63, 3.8) is 0 Å². The standard InChI is InChI=1S/C22H26N6O3/c1-22(2,3)31-21(30)24-9-7-15-5-4-6-17(11-15)27-20-26-14-25-19(28-20)16-8-10-23-18(12-16)13-29/h4-6,8,10-12,14,29H,7,9,13H2,1-3H3,(H,24,30)(H,25,26,27,28). The second kappa shape index (κ2) is 9.94. The first-order chi connectivity index (χ1) is 14.8. The first-order valence-corrected chi connectivity index (χ1v) is 9.90. The lowest BCUT2D eigenvalue weighted by atomic mass is 10.1. The molecule has 9 heteroatoms. The zero-order chi connectivity index (χ0) is 22.3. The van der Waals surface area contributed by atoms with Gasteiger partial charge in [0, 0.05) is 24.0 Å². The van der Waals surface area contributed by atoms with Crippen molar-refractivity contribution in [2.24, 2.45) is 0 Å². The molecule has 0 saturated heterocycles. The summed E-state index contributed by atoms with van der Waals surface area (Å²) >= 11 is 0. The Labute approximate surface area is 181 Å². The average molecular weight is 422 g/mol. The first-order valence-electron chi connectivity index (χ1n) is 9.90.